The predicted molar refractivity (Wildman–Crippen MR) is 133 cm³/mol. The van der Waals surface area contributed by atoms with Crippen molar-refractivity contribution in [3.05, 3.63) is 57.0 Å². The summed E-state index contributed by atoms with van der Waals surface area (Å²) in [5.74, 6) is 1.46. The fourth-order valence-corrected chi connectivity index (χ4v) is 4.19. The number of amides is 1. The number of carbonyl (C=O) groups is 1. The van der Waals surface area contributed by atoms with E-state index in [1.165, 1.54) is 4.57 Å². The van der Waals surface area contributed by atoms with Gasteiger partial charge in [-0.2, -0.15) is 0 Å². The number of rotatable bonds is 6. The van der Waals surface area contributed by atoms with E-state index in [2.05, 4.69) is 15.9 Å². The zero-order chi connectivity index (χ0) is 24.5. The van der Waals surface area contributed by atoms with Gasteiger partial charge in [0.1, 0.15) is 17.3 Å². The molecule has 33 heavy (non-hydrogen) atoms. The average Bonchev–Trinajstić information content (AvgIpc) is 2.77. The number of fused-ring (bicyclic) bond motifs is 1. The van der Waals surface area contributed by atoms with E-state index in [1.807, 2.05) is 33.8 Å². The first kappa shape index (κ1) is 24.8. The first-order valence-corrected chi connectivity index (χ1v) is 11.5. The Morgan fingerprint density at radius 3 is 2.45 bits per heavy atom. The monoisotopic (exact) mass is 515 g/mol. The third kappa shape index (κ3) is 5.05. The zero-order valence-corrected chi connectivity index (χ0v) is 21.7. The molecule has 0 N–H and O–H groups in total. The smallest absolute Gasteiger partial charge is 0.266 e. The zero-order valence-electron chi connectivity index (χ0n) is 20.1. The van der Waals surface area contributed by atoms with Crippen molar-refractivity contribution in [2.75, 3.05) is 21.3 Å². The first-order valence-electron chi connectivity index (χ1n) is 10.7. The maximum atomic E-state index is 13.7. The van der Waals surface area contributed by atoms with Crippen LogP contribution in [0, 0.1) is 5.41 Å². The molecule has 0 saturated heterocycles. The second kappa shape index (κ2) is 9.55. The lowest BCUT2D eigenvalue weighted by Gasteiger charge is -2.30. The summed E-state index contributed by atoms with van der Waals surface area (Å²) in [5.41, 5.74) is 0.691. The van der Waals surface area contributed by atoms with Crippen molar-refractivity contribution in [3.63, 3.8) is 0 Å². The molecule has 0 spiro atoms. The molecule has 0 aliphatic rings. The Kier molecular flexibility index (Phi) is 7.17. The molecule has 2 aromatic carbocycles. The Morgan fingerprint density at radius 1 is 1.18 bits per heavy atom. The first-order chi connectivity index (χ1) is 15.5. The molecule has 176 valence electrons. The Balaban J connectivity index is 2.30. The molecule has 0 radical (unpaired) electrons. The third-order valence-electron chi connectivity index (χ3n) is 5.52. The van der Waals surface area contributed by atoms with Crippen LogP contribution in [0.3, 0.4) is 0 Å². The van der Waals surface area contributed by atoms with Crippen LogP contribution in [0.5, 0.6) is 11.5 Å². The number of benzene rings is 2. The lowest BCUT2D eigenvalue weighted by Crippen LogP contribution is -2.36. The van der Waals surface area contributed by atoms with Crippen LogP contribution in [0.1, 0.15) is 46.0 Å². The molecule has 0 fully saturated rings. The summed E-state index contributed by atoms with van der Waals surface area (Å²) >= 11 is 3.58. The van der Waals surface area contributed by atoms with Crippen LogP contribution < -0.4 is 15.0 Å². The summed E-state index contributed by atoms with van der Waals surface area (Å²) in [6, 6.07) is 10.2. The Bertz CT molecular complexity index is 1250. The fourth-order valence-electron chi connectivity index (χ4n) is 3.62. The van der Waals surface area contributed by atoms with Crippen molar-refractivity contribution in [1.82, 2.24) is 14.5 Å². The fraction of sp³-hybridized carbons (Fsp3) is 0.400. The van der Waals surface area contributed by atoms with Gasteiger partial charge >= 0.3 is 0 Å². The lowest BCUT2D eigenvalue weighted by atomic mass is 9.91. The highest BCUT2D eigenvalue weighted by molar-refractivity contribution is 9.10. The van der Waals surface area contributed by atoms with Crippen molar-refractivity contribution < 1.29 is 14.3 Å². The number of hydrogen-bond acceptors (Lipinski definition) is 5. The standard InChI is InChI=1S/C25H30BrN3O4/c1-15(28(5)21(30)14-25(2,3)4)23-27-18-11-9-8-10-17(18)24(31)29(23)19-12-16(32-6)13-20(33-7)22(19)26/h8-13,15H,14H2,1-7H3. The second-order valence-corrected chi connectivity index (χ2v) is 10.0. The molecule has 0 aliphatic heterocycles. The van der Waals surface area contributed by atoms with Gasteiger partial charge in [0.25, 0.3) is 5.56 Å². The molecule has 0 saturated carbocycles. The quantitative estimate of drug-likeness (QED) is 0.455. The van der Waals surface area contributed by atoms with Gasteiger partial charge < -0.3 is 14.4 Å². The van der Waals surface area contributed by atoms with Crippen molar-refractivity contribution in [2.24, 2.45) is 5.41 Å². The van der Waals surface area contributed by atoms with Crippen LogP contribution in [-0.4, -0.2) is 41.6 Å². The van der Waals surface area contributed by atoms with Crippen LogP contribution in [0.25, 0.3) is 16.6 Å². The van der Waals surface area contributed by atoms with Crippen LogP contribution in [0.4, 0.5) is 0 Å². The molecule has 1 amide bonds. The van der Waals surface area contributed by atoms with Gasteiger partial charge in [-0.1, -0.05) is 32.9 Å². The van der Waals surface area contributed by atoms with Gasteiger partial charge in [0.15, 0.2) is 0 Å². The predicted octanol–water partition coefficient (Wildman–Crippen LogP) is 5.12. The number of nitrogens with zero attached hydrogens (tertiary/aromatic N) is 3. The number of carbonyl (C=O) groups excluding carboxylic acids is 1. The van der Waals surface area contributed by atoms with Gasteiger partial charge in [0, 0.05) is 25.6 Å². The van der Waals surface area contributed by atoms with E-state index < -0.39 is 6.04 Å². The number of halogens is 1. The Labute approximate surface area is 202 Å². The summed E-state index contributed by atoms with van der Waals surface area (Å²) < 4.78 is 13.0. The summed E-state index contributed by atoms with van der Waals surface area (Å²) in [7, 11) is 4.84. The number of aromatic nitrogens is 2. The molecule has 7 nitrogen and oxygen atoms in total. The van der Waals surface area contributed by atoms with Gasteiger partial charge in [-0.3, -0.25) is 14.2 Å². The Morgan fingerprint density at radius 2 is 1.85 bits per heavy atom. The number of ether oxygens (including phenoxy) is 2. The van der Waals surface area contributed by atoms with Gasteiger partial charge in [-0.25, -0.2) is 4.98 Å². The van der Waals surface area contributed by atoms with Crippen LogP contribution in [0.2, 0.25) is 0 Å². The molecule has 3 aromatic rings. The average molecular weight is 516 g/mol. The summed E-state index contributed by atoms with van der Waals surface area (Å²) in [4.78, 5) is 33.2. The van der Waals surface area contributed by atoms with Crippen molar-refractivity contribution >= 4 is 32.7 Å². The molecule has 1 unspecified atom stereocenters. The van der Waals surface area contributed by atoms with Gasteiger partial charge in [-0.05, 0) is 40.4 Å². The van der Waals surface area contributed by atoms with Gasteiger partial charge in [0.2, 0.25) is 5.91 Å². The highest BCUT2D eigenvalue weighted by Crippen LogP contribution is 2.37. The minimum atomic E-state index is -0.471. The van der Waals surface area contributed by atoms with Gasteiger partial charge in [0.05, 0.1) is 41.3 Å². The molecule has 8 heteroatoms. The van der Waals surface area contributed by atoms with Crippen molar-refractivity contribution in [1.29, 1.82) is 0 Å². The highest BCUT2D eigenvalue weighted by Gasteiger charge is 2.28. The largest absolute Gasteiger partial charge is 0.497 e. The SMILES string of the molecule is COc1cc(OC)c(Br)c(-n2c(C(C)N(C)C(=O)CC(C)(C)C)nc3ccccc3c2=O)c1. The minimum absolute atomic E-state index is 0.0220. The third-order valence-corrected chi connectivity index (χ3v) is 6.32. The van der Waals surface area contributed by atoms with E-state index in [9.17, 15) is 9.59 Å². The molecule has 1 aromatic heterocycles. The van der Waals surface area contributed by atoms with Crippen molar-refractivity contribution in [2.45, 2.75) is 40.2 Å². The maximum Gasteiger partial charge on any atom is 0.266 e. The van der Waals surface area contributed by atoms with E-state index in [1.54, 1.807) is 56.5 Å². The lowest BCUT2D eigenvalue weighted by molar-refractivity contribution is -0.133. The summed E-state index contributed by atoms with van der Waals surface area (Å²) in [5, 5.41) is 0.478. The normalized spacial score (nSPS) is 12.5. The van der Waals surface area contributed by atoms with Gasteiger partial charge in [-0.15, -0.1) is 0 Å². The Hall–Kier alpha value is -2.87. The molecule has 1 heterocycles. The molecule has 3 rings (SSSR count). The highest BCUT2D eigenvalue weighted by atomic mass is 79.9. The van der Waals surface area contributed by atoms with Crippen LogP contribution in [0.15, 0.2) is 45.7 Å². The number of hydrogen-bond donors (Lipinski definition) is 0. The molecule has 0 aliphatic carbocycles. The molecular formula is C25H30BrN3O4. The molecular weight excluding hydrogens is 486 g/mol. The van der Waals surface area contributed by atoms with E-state index in [0.717, 1.165) is 0 Å². The van der Waals surface area contributed by atoms with E-state index in [0.29, 0.717) is 44.8 Å². The topological polar surface area (TPSA) is 73.7 Å². The number of para-hydroxylation sites is 1. The maximum absolute atomic E-state index is 13.7. The molecule has 1 atom stereocenters. The van der Waals surface area contributed by atoms with E-state index in [4.69, 9.17) is 14.5 Å². The summed E-state index contributed by atoms with van der Waals surface area (Å²) in [6.07, 6.45) is 0.377. The van der Waals surface area contributed by atoms with Crippen LogP contribution in [-0.2, 0) is 4.79 Å². The molecule has 0 bridgehead atoms. The second-order valence-electron chi connectivity index (χ2n) is 9.21. The summed E-state index contributed by atoms with van der Waals surface area (Å²) in [6.45, 7) is 7.94. The van der Waals surface area contributed by atoms with Crippen LogP contribution >= 0.6 is 15.9 Å². The minimum Gasteiger partial charge on any atom is -0.497 e. The number of methoxy groups -OCH3 is 2. The van der Waals surface area contributed by atoms with Crippen molar-refractivity contribution in [3.8, 4) is 17.2 Å². The van der Waals surface area contributed by atoms with E-state index in [-0.39, 0.29) is 16.9 Å². The van der Waals surface area contributed by atoms with E-state index >= 15 is 0 Å².